The van der Waals surface area contributed by atoms with Gasteiger partial charge in [0, 0.05) is 5.92 Å². The molecule has 0 spiro atoms. The Bertz CT molecular complexity index is 629. The molecule has 8 nitrogen and oxygen atoms in total. The van der Waals surface area contributed by atoms with Gasteiger partial charge in [-0.3, -0.25) is 4.57 Å². The van der Waals surface area contributed by atoms with Gasteiger partial charge in [0.25, 0.3) is 0 Å². The van der Waals surface area contributed by atoms with Gasteiger partial charge in [-0.05, 0) is 6.42 Å². The van der Waals surface area contributed by atoms with E-state index in [1.54, 1.807) is 6.33 Å². The number of aromatic nitrogens is 4. The molecule has 20 heavy (non-hydrogen) atoms. The van der Waals surface area contributed by atoms with Gasteiger partial charge in [-0.15, -0.1) is 0 Å². The third-order valence-electron chi connectivity index (χ3n) is 3.53. The van der Waals surface area contributed by atoms with Crippen LogP contribution in [0, 0.1) is 5.92 Å². The molecule has 3 atom stereocenters. The molecule has 2 aromatic heterocycles. The average Bonchev–Trinajstić information content (AvgIpc) is 3.00. The predicted molar refractivity (Wildman–Crippen MR) is 71.1 cm³/mol. The van der Waals surface area contributed by atoms with E-state index >= 15 is 0 Å². The van der Waals surface area contributed by atoms with Crippen LogP contribution in [0.5, 0.6) is 5.88 Å². The zero-order chi connectivity index (χ0) is 14.3. The van der Waals surface area contributed by atoms with E-state index in [1.165, 1.54) is 7.11 Å². The van der Waals surface area contributed by atoms with Gasteiger partial charge in [0.15, 0.2) is 11.2 Å². The van der Waals surface area contributed by atoms with Crippen LogP contribution >= 0.6 is 0 Å². The number of ether oxygens (including phenoxy) is 2. The number of aliphatic hydroxyl groups excluding tert-OH is 1. The minimum absolute atomic E-state index is 0.00785. The first-order valence-corrected chi connectivity index (χ1v) is 6.44. The smallest absolute Gasteiger partial charge is 0.246 e. The number of nitrogens with zero attached hydrogens (tertiary/aromatic N) is 4. The van der Waals surface area contributed by atoms with Gasteiger partial charge >= 0.3 is 0 Å². The molecule has 0 amide bonds. The first-order valence-electron chi connectivity index (χ1n) is 6.44. The maximum Gasteiger partial charge on any atom is 0.246 e. The molecule has 0 saturated carbocycles. The van der Waals surface area contributed by atoms with Crippen molar-refractivity contribution in [1.29, 1.82) is 0 Å². The monoisotopic (exact) mass is 279 g/mol. The summed E-state index contributed by atoms with van der Waals surface area (Å²) < 4.78 is 12.8. The fraction of sp³-hybridized carbons (Fsp3) is 0.583. The van der Waals surface area contributed by atoms with Crippen LogP contribution in [0.1, 0.15) is 19.6 Å². The summed E-state index contributed by atoms with van der Waals surface area (Å²) in [6.45, 7) is 2.07. The zero-order valence-electron chi connectivity index (χ0n) is 11.4. The highest BCUT2D eigenvalue weighted by Crippen LogP contribution is 2.36. The van der Waals surface area contributed by atoms with E-state index in [-0.39, 0.29) is 30.8 Å². The van der Waals surface area contributed by atoms with Crippen molar-refractivity contribution < 1.29 is 14.6 Å². The first-order chi connectivity index (χ1) is 9.63. The summed E-state index contributed by atoms with van der Waals surface area (Å²) in [7, 11) is 1.51. The summed E-state index contributed by atoms with van der Waals surface area (Å²) in [6.07, 6.45) is 2.05. The molecule has 3 rings (SSSR count). The van der Waals surface area contributed by atoms with E-state index in [4.69, 9.17) is 15.2 Å². The number of hydrogen-bond donors (Lipinski definition) is 2. The number of imidazole rings is 1. The number of hydrogen-bond acceptors (Lipinski definition) is 7. The lowest BCUT2D eigenvalue weighted by Crippen LogP contribution is -2.15. The molecule has 1 aliphatic rings. The molecule has 1 saturated heterocycles. The van der Waals surface area contributed by atoms with Crippen molar-refractivity contribution in [2.24, 2.45) is 5.92 Å². The van der Waals surface area contributed by atoms with E-state index in [9.17, 15) is 5.11 Å². The highest BCUT2D eigenvalue weighted by atomic mass is 16.5. The second-order valence-corrected chi connectivity index (χ2v) is 4.96. The molecule has 3 N–H and O–H groups in total. The minimum Gasteiger partial charge on any atom is -0.479 e. The Morgan fingerprint density at radius 3 is 3.00 bits per heavy atom. The van der Waals surface area contributed by atoms with Crippen molar-refractivity contribution in [2.75, 3.05) is 19.5 Å². The molecule has 1 fully saturated rings. The minimum atomic E-state index is -0.226. The van der Waals surface area contributed by atoms with Gasteiger partial charge in [-0.2, -0.15) is 9.97 Å². The quantitative estimate of drug-likeness (QED) is 0.833. The van der Waals surface area contributed by atoms with Crippen molar-refractivity contribution in [3.8, 4) is 5.88 Å². The number of nitrogens with two attached hydrogens (primary N) is 1. The van der Waals surface area contributed by atoms with Gasteiger partial charge in [-0.1, -0.05) is 6.92 Å². The van der Waals surface area contributed by atoms with Crippen molar-refractivity contribution in [2.45, 2.75) is 25.7 Å². The highest BCUT2D eigenvalue weighted by Gasteiger charge is 2.34. The average molecular weight is 279 g/mol. The van der Waals surface area contributed by atoms with Crippen molar-refractivity contribution >= 4 is 17.1 Å². The molecule has 0 radical (unpaired) electrons. The number of rotatable bonds is 3. The fourth-order valence-electron chi connectivity index (χ4n) is 2.61. The lowest BCUT2D eigenvalue weighted by molar-refractivity contribution is -0.0294. The van der Waals surface area contributed by atoms with Crippen LogP contribution in [-0.2, 0) is 4.74 Å². The topological polar surface area (TPSA) is 108 Å². The number of methoxy groups -OCH3 is 1. The van der Waals surface area contributed by atoms with Crippen LogP contribution in [0.4, 0.5) is 5.95 Å². The van der Waals surface area contributed by atoms with Gasteiger partial charge < -0.3 is 20.3 Å². The van der Waals surface area contributed by atoms with Gasteiger partial charge in [-0.25, -0.2) is 4.98 Å². The first kappa shape index (κ1) is 13.1. The second kappa shape index (κ2) is 4.88. The summed E-state index contributed by atoms with van der Waals surface area (Å²) >= 11 is 0. The van der Waals surface area contributed by atoms with E-state index in [2.05, 4.69) is 21.9 Å². The molecular formula is C12H17N5O3. The molecule has 3 heterocycles. The number of fused-ring (bicyclic) bond motifs is 1. The number of aliphatic hydroxyl groups is 1. The van der Waals surface area contributed by atoms with Crippen molar-refractivity contribution in [1.82, 2.24) is 19.5 Å². The van der Waals surface area contributed by atoms with Crippen molar-refractivity contribution in [3.63, 3.8) is 0 Å². The number of nitrogen functional groups attached to an aromatic ring is 1. The van der Waals surface area contributed by atoms with Crippen LogP contribution in [0.25, 0.3) is 11.2 Å². The second-order valence-electron chi connectivity index (χ2n) is 4.96. The zero-order valence-corrected chi connectivity index (χ0v) is 11.4. The van der Waals surface area contributed by atoms with E-state index < -0.39 is 0 Å². The van der Waals surface area contributed by atoms with E-state index in [0.29, 0.717) is 17.0 Å². The predicted octanol–water partition coefficient (Wildman–Crippen LogP) is 0.333. The lowest BCUT2D eigenvalue weighted by atomic mass is 10.1. The Balaban J connectivity index is 2.07. The molecule has 8 heteroatoms. The summed E-state index contributed by atoms with van der Waals surface area (Å²) in [5, 5.41) is 9.22. The third-order valence-corrected chi connectivity index (χ3v) is 3.53. The van der Waals surface area contributed by atoms with Crippen LogP contribution < -0.4 is 10.5 Å². The Hall–Kier alpha value is -1.93. The molecule has 0 aliphatic carbocycles. The molecule has 108 valence electrons. The lowest BCUT2D eigenvalue weighted by Gasteiger charge is -2.17. The van der Waals surface area contributed by atoms with Crippen LogP contribution in [0.2, 0.25) is 0 Å². The van der Waals surface area contributed by atoms with Crippen LogP contribution in [-0.4, -0.2) is 44.4 Å². The van der Waals surface area contributed by atoms with Crippen LogP contribution in [0.3, 0.4) is 0 Å². The summed E-state index contributed by atoms with van der Waals surface area (Å²) in [5.74, 6) is 0.711. The molecule has 2 aromatic rings. The third kappa shape index (κ3) is 1.97. The normalized spacial score (nSPS) is 26.2. The standard InChI is InChI=1S/C12H17N5O3/c1-6-3-7(4-18)20-11(6)17-5-14-8-9(17)15-12(13)16-10(8)19-2/h5-7,11,18H,3-4H2,1-2H3,(H2,13,15,16)/t6-,7?,11?/m0/s1. The summed E-state index contributed by atoms with van der Waals surface area (Å²) in [4.78, 5) is 12.5. The van der Waals surface area contributed by atoms with Crippen LogP contribution in [0.15, 0.2) is 6.33 Å². The SMILES string of the molecule is COc1nc(N)nc2c1ncn2C1OC(CO)C[C@@H]1C. The van der Waals surface area contributed by atoms with E-state index in [1.807, 2.05) is 4.57 Å². The Morgan fingerprint density at radius 2 is 2.35 bits per heavy atom. The summed E-state index contributed by atoms with van der Waals surface area (Å²) in [6, 6.07) is 0. The molecular weight excluding hydrogens is 262 g/mol. The van der Waals surface area contributed by atoms with Gasteiger partial charge in [0.05, 0.1) is 26.1 Å². The molecule has 2 unspecified atom stereocenters. The fourth-order valence-corrected chi connectivity index (χ4v) is 2.61. The van der Waals surface area contributed by atoms with Crippen molar-refractivity contribution in [3.05, 3.63) is 6.33 Å². The maximum atomic E-state index is 9.22. The Labute approximate surface area is 115 Å². The molecule has 0 aromatic carbocycles. The Kier molecular flexibility index (Phi) is 3.19. The maximum absolute atomic E-state index is 9.22. The summed E-state index contributed by atoms with van der Waals surface area (Å²) in [5.41, 5.74) is 6.81. The molecule has 1 aliphatic heterocycles. The number of anilines is 1. The largest absolute Gasteiger partial charge is 0.479 e. The van der Waals surface area contributed by atoms with Gasteiger partial charge in [0.1, 0.15) is 6.23 Å². The Morgan fingerprint density at radius 1 is 1.55 bits per heavy atom. The van der Waals surface area contributed by atoms with Gasteiger partial charge in [0.2, 0.25) is 11.8 Å². The molecule has 0 bridgehead atoms. The van der Waals surface area contributed by atoms with E-state index in [0.717, 1.165) is 6.42 Å². The highest BCUT2D eigenvalue weighted by molar-refractivity contribution is 5.77.